The lowest BCUT2D eigenvalue weighted by Gasteiger charge is -2.11. The Balaban J connectivity index is 2.22. The summed E-state index contributed by atoms with van der Waals surface area (Å²) >= 11 is 18.0. The molecule has 2 rings (SSSR count). The average molecular weight is 386 g/mol. The molecule has 0 radical (unpaired) electrons. The Kier molecular flexibility index (Phi) is 5.28. The van der Waals surface area contributed by atoms with Gasteiger partial charge in [0.05, 0.1) is 9.92 Å². The molecule has 0 saturated carbocycles. The topological polar surface area (TPSA) is 43.4 Å². The highest BCUT2D eigenvalue weighted by Gasteiger charge is 2.14. The average Bonchev–Trinajstić information content (AvgIpc) is 2.38. The summed E-state index contributed by atoms with van der Waals surface area (Å²) in [6.07, 6.45) is 0. The summed E-state index contributed by atoms with van der Waals surface area (Å²) in [4.78, 5) is -0.0997. The molecule has 0 N–H and O–H groups in total. The number of hydrogen-bond donors (Lipinski definition) is 0. The molecule has 0 fully saturated rings. The first-order valence-corrected chi connectivity index (χ1v) is 9.03. The third-order valence-electron chi connectivity index (χ3n) is 2.62. The number of ether oxygens (including phenoxy) is 1. The number of hydrogen-bond acceptors (Lipinski definition) is 3. The molecule has 3 nitrogen and oxygen atoms in total. The first kappa shape index (κ1) is 16.7. The summed E-state index contributed by atoms with van der Waals surface area (Å²) in [5, 5.41) is 1.07. The maximum Gasteiger partial charge on any atom is 0.261 e. The Morgan fingerprint density at radius 2 is 1.57 bits per heavy atom. The van der Waals surface area contributed by atoms with Gasteiger partial charge in [0.25, 0.3) is 9.05 Å². The van der Waals surface area contributed by atoms with E-state index in [1.54, 1.807) is 18.2 Å². The van der Waals surface area contributed by atoms with E-state index in [9.17, 15) is 8.42 Å². The fourth-order valence-corrected chi connectivity index (χ4v) is 3.15. The molecule has 0 bridgehead atoms. The highest BCUT2D eigenvalue weighted by Crippen LogP contribution is 2.31. The predicted octanol–water partition coefficient (Wildman–Crippen LogP) is 5.15. The van der Waals surface area contributed by atoms with Crippen LogP contribution in [0.2, 0.25) is 15.1 Å². The van der Waals surface area contributed by atoms with Crippen molar-refractivity contribution in [2.45, 2.75) is 11.5 Å². The molecule has 0 amide bonds. The van der Waals surface area contributed by atoms with E-state index in [0.717, 1.165) is 0 Å². The van der Waals surface area contributed by atoms with Crippen molar-refractivity contribution in [3.05, 3.63) is 57.0 Å². The van der Waals surface area contributed by atoms with E-state index in [1.807, 2.05) is 0 Å². The van der Waals surface area contributed by atoms with Crippen molar-refractivity contribution < 1.29 is 13.2 Å². The predicted molar refractivity (Wildman–Crippen MR) is 85.3 cm³/mol. The van der Waals surface area contributed by atoms with Gasteiger partial charge in [0.15, 0.2) is 0 Å². The zero-order chi connectivity index (χ0) is 15.6. The highest BCUT2D eigenvalue weighted by atomic mass is 35.7. The van der Waals surface area contributed by atoms with Gasteiger partial charge in [0.1, 0.15) is 12.4 Å². The minimum Gasteiger partial charge on any atom is -0.487 e. The first-order chi connectivity index (χ1) is 9.79. The number of benzene rings is 2. The lowest BCUT2D eigenvalue weighted by molar-refractivity contribution is 0.306. The van der Waals surface area contributed by atoms with Crippen LogP contribution >= 0.6 is 45.5 Å². The lowest BCUT2D eigenvalue weighted by atomic mass is 10.2. The van der Waals surface area contributed by atoms with Crippen LogP contribution in [0.4, 0.5) is 0 Å². The van der Waals surface area contributed by atoms with Gasteiger partial charge in [-0.05, 0) is 30.3 Å². The monoisotopic (exact) mass is 384 g/mol. The Morgan fingerprint density at radius 1 is 0.952 bits per heavy atom. The summed E-state index contributed by atoms with van der Waals surface area (Å²) in [6, 6.07) is 9.04. The molecular formula is C13H8Cl4O3S. The van der Waals surface area contributed by atoms with Crippen LogP contribution in [0.3, 0.4) is 0 Å². The quantitative estimate of drug-likeness (QED) is 0.683. The molecule has 0 aliphatic rings. The third-order valence-corrected chi connectivity index (χ3v) is 4.97. The zero-order valence-corrected chi connectivity index (χ0v) is 14.2. The molecular weight excluding hydrogens is 378 g/mol. The Hall–Kier alpha value is -0.650. The summed E-state index contributed by atoms with van der Waals surface area (Å²) in [7, 11) is 1.40. The maximum atomic E-state index is 11.2. The van der Waals surface area contributed by atoms with Crippen LogP contribution in [0.1, 0.15) is 5.56 Å². The van der Waals surface area contributed by atoms with E-state index in [-0.39, 0.29) is 16.5 Å². The molecule has 0 aliphatic heterocycles. The second-order valence-corrected chi connectivity index (χ2v) is 7.81. The van der Waals surface area contributed by atoms with Crippen LogP contribution in [0, 0.1) is 0 Å². The molecule has 21 heavy (non-hydrogen) atoms. The van der Waals surface area contributed by atoms with Crippen LogP contribution < -0.4 is 4.74 Å². The molecule has 0 spiro atoms. The largest absolute Gasteiger partial charge is 0.487 e. The molecule has 0 aliphatic carbocycles. The fraction of sp³-hybridized carbons (Fsp3) is 0.0769. The molecule has 0 unspecified atom stereocenters. The van der Waals surface area contributed by atoms with Crippen LogP contribution in [-0.4, -0.2) is 8.42 Å². The van der Waals surface area contributed by atoms with Crippen molar-refractivity contribution in [2.24, 2.45) is 0 Å². The van der Waals surface area contributed by atoms with Crippen molar-refractivity contribution in [3.63, 3.8) is 0 Å². The van der Waals surface area contributed by atoms with Gasteiger partial charge in [-0.1, -0.05) is 40.9 Å². The Morgan fingerprint density at radius 3 is 2.10 bits per heavy atom. The number of halogens is 4. The standard InChI is InChI=1S/C13H8Cl4O3S/c14-10-2-1-3-11(15)9(10)7-20-13-5-4-8(6-12(13)16)21(17,18)19/h1-6H,7H2. The van der Waals surface area contributed by atoms with Crippen LogP contribution in [-0.2, 0) is 15.7 Å². The molecule has 0 atom stereocenters. The van der Waals surface area contributed by atoms with Crippen molar-refractivity contribution in [1.29, 1.82) is 0 Å². The minimum absolute atomic E-state index is 0.0997. The van der Waals surface area contributed by atoms with Crippen molar-refractivity contribution >= 4 is 54.5 Å². The van der Waals surface area contributed by atoms with E-state index < -0.39 is 9.05 Å². The lowest BCUT2D eigenvalue weighted by Crippen LogP contribution is -1.99. The molecule has 8 heteroatoms. The molecule has 0 heterocycles. The second kappa shape index (κ2) is 6.63. The molecule has 0 saturated heterocycles. The van der Waals surface area contributed by atoms with Gasteiger partial charge in [-0.15, -0.1) is 0 Å². The Labute approximate surface area is 141 Å². The van der Waals surface area contributed by atoms with Crippen LogP contribution in [0.25, 0.3) is 0 Å². The van der Waals surface area contributed by atoms with Gasteiger partial charge in [0.2, 0.25) is 0 Å². The molecule has 2 aromatic rings. The Bertz CT molecular complexity index is 755. The first-order valence-electron chi connectivity index (χ1n) is 5.59. The normalized spacial score (nSPS) is 11.4. The van der Waals surface area contributed by atoms with Crippen molar-refractivity contribution in [3.8, 4) is 5.75 Å². The van der Waals surface area contributed by atoms with E-state index in [1.165, 1.54) is 18.2 Å². The van der Waals surface area contributed by atoms with Gasteiger partial charge in [-0.3, -0.25) is 0 Å². The zero-order valence-electron chi connectivity index (χ0n) is 10.3. The molecule has 0 aromatic heterocycles. The van der Waals surface area contributed by atoms with E-state index >= 15 is 0 Å². The van der Waals surface area contributed by atoms with Gasteiger partial charge in [0, 0.05) is 26.3 Å². The van der Waals surface area contributed by atoms with Crippen LogP contribution in [0.5, 0.6) is 5.75 Å². The number of rotatable bonds is 4. The summed E-state index contributed by atoms with van der Waals surface area (Å²) in [6.45, 7) is 0.102. The highest BCUT2D eigenvalue weighted by molar-refractivity contribution is 8.13. The van der Waals surface area contributed by atoms with Crippen LogP contribution in [0.15, 0.2) is 41.3 Å². The van der Waals surface area contributed by atoms with Gasteiger partial charge in [-0.25, -0.2) is 8.42 Å². The van der Waals surface area contributed by atoms with E-state index in [2.05, 4.69) is 0 Å². The van der Waals surface area contributed by atoms with E-state index in [0.29, 0.717) is 21.4 Å². The molecule has 2 aromatic carbocycles. The van der Waals surface area contributed by atoms with Crippen molar-refractivity contribution in [2.75, 3.05) is 0 Å². The second-order valence-electron chi connectivity index (χ2n) is 4.02. The maximum absolute atomic E-state index is 11.2. The van der Waals surface area contributed by atoms with Gasteiger partial charge < -0.3 is 4.74 Å². The minimum atomic E-state index is -3.83. The van der Waals surface area contributed by atoms with Gasteiger partial charge in [-0.2, -0.15) is 0 Å². The smallest absolute Gasteiger partial charge is 0.261 e. The van der Waals surface area contributed by atoms with Crippen molar-refractivity contribution in [1.82, 2.24) is 0 Å². The fourth-order valence-electron chi connectivity index (χ4n) is 1.57. The molecule has 112 valence electrons. The SMILES string of the molecule is O=S(=O)(Cl)c1ccc(OCc2c(Cl)cccc2Cl)c(Cl)c1. The van der Waals surface area contributed by atoms with E-state index in [4.69, 9.17) is 50.2 Å². The summed E-state index contributed by atoms with van der Waals surface area (Å²) in [5.74, 6) is 0.303. The summed E-state index contributed by atoms with van der Waals surface area (Å²) < 4.78 is 27.9. The summed E-state index contributed by atoms with van der Waals surface area (Å²) in [5.41, 5.74) is 0.617. The third kappa shape index (κ3) is 4.18. The van der Waals surface area contributed by atoms with Gasteiger partial charge >= 0.3 is 0 Å².